The van der Waals surface area contributed by atoms with Gasteiger partial charge in [0.15, 0.2) is 5.13 Å². The van der Waals surface area contributed by atoms with Crippen LogP contribution in [0.4, 0.5) is 10.8 Å². The molecule has 0 fully saturated rings. The first-order valence-electron chi connectivity index (χ1n) is 8.69. The maximum atomic E-state index is 12.9. The molecule has 2 aromatic rings. The van der Waals surface area contributed by atoms with Crippen LogP contribution < -0.4 is 5.32 Å². The summed E-state index contributed by atoms with van der Waals surface area (Å²) in [6.45, 7) is 4.16. The first-order chi connectivity index (χ1) is 13.7. The second-order valence-electron chi connectivity index (χ2n) is 6.21. The molecule has 0 aliphatic heterocycles. The molecule has 2 amide bonds. The number of amides is 2. The molecule has 1 aromatic carbocycles. The van der Waals surface area contributed by atoms with Gasteiger partial charge in [0.2, 0.25) is 5.91 Å². The Labute approximate surface area is 176 Å². The highest BCUT2D eigenvalue weighted by atomic mass is 35.5. The molecule has 9 nitrogen and oxygen atoms in total. The molecule has 0 spiro atoms. The molecular weight excluding hydrogens is 420 g/mol. The van der Waals surface area contributed by atoms with Crippen molar-refractivity contribution in [3.63, 3.8) is 0 Å². The van der Waals surface area contributed by atoms with E-state index in [0.29, 0.717) is 18.2 Å². The minimum absolute atomic E-state index is 0.0651. The number of hydrogen-bond acceptors (Lipinski definition) is 7. The molecule has 0 aliphatic rings. The Balaban J connectivity index is 2.17. The van der Waals surface area contributed by atoms with Gasteiger partial charge >= 0.3 is 0 Å². The Morgan fingerprint density at radius 3 is 2.69 bits per heavy atom. The van der Waals surface area contributed by atoms with Crippen molar-refractivity contribution in [2.45, 2.75) is 20.3 Å². The summed E-state index contributed by atoms with van der Waals surface area (Å²) < 4.78 is 5.01. The van der Waals surface area contributed by atoms with Gasteiger partial charge in [-0.2, -0.15) is 0 Å². The summed E-state index contributed by atoms with van der Waals surface area (Å²) in [6, 6.07) is 3.80. The van der Waals surface area contributed by atoms with Crippen molar-refractivity contribution in [1.29, 1.82) is 0 Å². The average Bonchev–Trinajstić information content (AvgIpc) is 2.97. The third-order valence-corrected chi connectivity index (χ3v) is 5.37. The number of aromatic nitrogens is 1. The van der Waals surface area contributed by atoms with Crippen LogP contribution in [0.2, 0.25) is 5.02 Å². The highest BCUT2D eigenvalue weighted by molar-refractivity contribution is 7.15. The van der Waals surface area contributed by atoms with Crippen molar-refractivity contribution in [2.24, 2.45) is 0 Å². The summed E-state index contributed by atoms with van der Waals surface area (Å²) >= 11 is 7.16. The molecule has 0 bridgehead atoms. The minimum Gasteiger partial charge on any atom is -0.385 e. The lowest BCUT2D eigenvalue weighted by Crippen LogP contribution is -2.39. The number of ether oxygens (including phenoxy) is 1. The van der Waals surface area contributed by atoms with Gasteiger partial charge in [0.05, 0.1) is 10.6 Å². The lowest BCUT2D eigenvalue weighted by atomic mass is 10.1. The maximum absolute atomic E-state index is 12.9. The van der Waals surface area contributed by atoms with E-state index < -0.39 is 16.7 Å². The fourth-order valence-electron chi connectivity index (χ4n) is 2.48. The normalized spacial score (nSPS) is 10.6. The minimum atomic E-state index is -0.659. The van der Waals surface area contributed by atoms with E-state index in [0.717, 1.165) is 16.6 Å². The Bertz CT molecular complexity index is 898. The number of halogens is 1. The smallest absolute Gasteiger partial charge is 0.288 e. The highest BCUT2D eigenvalue weighted by Gasteiger charge is 2.23. The van der Waals surface area contributed by atoms with Crippen molar-refractivity contribution < 1.29 is 19.2 Å². The van der Waals surface area contributed by atoms with E-state index in [9.17, 15) is 19.7 Å². The number of thiazole rings is 1. The predicted octanol–water partition coefficient (Wildman–Crippen LogP) is 3.44. The summed E-state index contributed by atoms with van der Waals surface area (Å²) in [6.07, 6.45) is 0.501. The molecule has 156 valence electrons. The van der Waals surface area contributed by atoms with Gasteiger partial charge in [-0.25, -0.2) is 4.98 Å². The topological polar surface area (TPSA) is 115 Å². The molecule has 0 saturated heterocycles. The van der Waals surface area contributed by atoms with Gasteiger partial charge in [-0.15, -0.1) is 11.3 Å². The van der Waals surface area contributed by atoms with E-state index in [-0.39, 0.29) is 29.4 Å². The van der Waals surface area contributed by atoms with Crippen LogP contribution in [0.5, 0.6) is 0 Å². The Kier molecular flexibility index (Phi) is 8.06. The van der Waals surface area contributed by atoms with Gasteiger partial charge < -0.3 is 15.0 Å². The lowest BCUT2D eigenvalue weighted by Gasteiger charge is -2.22. The number of carbonyl (C=O) groups excluding carboxylic acids is 2. The van der Waals surface area contributed by atoms with Crippen LogP contribution in [0.1, 0.15) is 27.3 Å². The molecule has 0 aliphatic carbocycles. The number of nitrogens with one attached hydrogen (secondary N) is 1. The maximum Gasteiger partial charge on any atom is 0.288 e. The van der Waals surface area contributed by atoms with Crippen LogP contribution in [-0.4, -0.2) is 53.4 Å². The van der Waals surface area contributed by atoms with E-state index in [2.05, 4.69) is 10.3 Å². The predicted molar refractivity (Wildman–Crippen MR) is 111 cm³/mol. The van der Waals surface area contributed by atoms with E-state index in [1.807, 2.05) is 13.8 Å². The van der Waals surface area contributed by atoms with Crippen molar-refractivity contribution in [3.05, 3.63) is 49.5 Å². The number of nitro benzene ring substituents is 1. The van der Waals surface area contributed by atoms with Gasteiger partial charge in [0, 0.05) is 36.8 Å². The molecule has 0 atom stereocenters. The SMILES string of the molecule is COCCCN(CC(=O)Nc1nc(C)c(C)s1)C(=O)c1ccc(Cl)c([N+](=O)[O-])c1. The Morgan fingerprint density at radius 2 is 2.10 bits per heavy atom. The van der Waals surface area contributed by atoms with E-state index >= 15 is 0 Å². The molecule has 1 heterocycles. The number of hydrogen-bond donors (Lipinski definition) is 1. The number of nitrogens with zero attached hydrogens (tertiary/aromatic N) is 3. The van der Waals surface area contributed by atoms with Gasteiger partial charge in [0.1, 0.15) is 11.6 Å². The molecule has 1 N–H and O–H groups in total. The van der Waals surface area contributed by atoms with Gasteiger partial charge in [-0.05, 0) is 32.4 Å². The average molecular weight is 441 g/mol. The molecule has 0 unspecified atom stereocenters. The van der Waals surface area contributed by atoms with E-state index in [1.54, 1.807) is 0 Å². The highest BCUT2D eigenvalue weighted by Crippen LogP contribution is 2.26. The fourth-order valence-corrected chi connectivity index (χ4v) is 3.50. The van der Waals surface area contributed by atoms with Gasteiger partial charge in [0.25, 0.3) is 11.6 Å². The summed E-state index contributed by atoms with van der Waals surface area (Å²) in [5.41, 5.74) is 0.534. The molecule has 29 heavy (non-hydrogen) atoms. The number of aryl methyl sites for hydroxylation is 2. The molecule has 1 aromatic heterocycles. The monoisotopic (exact) mass is 440 g/mol. The quantitative estimate of drug-likeness (QED) is 0.363. The summed E-state index contributed by atoms with van der Waals surface area (Å²) in [4.78, 5) is 42.3. The number of methoxy groups -OCH3 is 1. The molecule has 0 radical (unpaired) electrons. The zero-order valence-electron chi connectivity index (χ0n) is 16.2. The zero-order chi connectivity index (χ0) is 21.6. The lowest BCUT2D eigenvalue weighted by molar-refractivity contribution is -0.384. The number of carbonyl (C=O) groups is 2. The van der Waals surface area contributed by atoms with Crippen LogP contribution in [-0.2, 0) is 9.53 Å². The third kappa shape index (κ3) is 6.21. The molecule has 2 rings (SSSR count). The zero-order valence-corrected chi connectivity index (χ0v) is 17.8. The Morgan fingerprint density at radius 1 is 1.38 bits per heavy atom. The first-order valence-corrected chi connectivity index (χ1v) is 9.88. The van der Waals surface area contributed by atoms with Gasteiger partial charge in [-0.1, -0.05) is 11.6 Å². The van der Waals surface area contributed by atoms with Crippen LogP contribution >= 0.6 is 22.9 Å². The van der Waals surface area contributed by atoms with Crippen LogP contribution in [0.15, 0.2) is 18.2 Å². The Hall–Kier alpha value is -2.56. The summed E-state index contributed by atoms with van der Waals surface area (Å²) in [5, 5.41) is 14.2. The molecule has 11 heteroatoms. The van der Waals surface area contributed by atoms with Crippen LogP contribution in [0.25, 0.3) is 0 Å². The molecule has 0 saturated carbocycles. The standard InChI is InChI=1S/C18H21ClN4O5S/c1-11-12(2)29-18(20-11)21-16(24)10-22(7-4-8-28-3)17(25)13-5-6-14(19)15(9-13)23(26)27/h5-6,9H,4,7-8,10H2,1-3H3,(H,20,21,24). The number of nitro groups is 1. The fraction of sp³-hybridized carbons (Fsp3) is 0.389. The summed E-state index contributed by atoms with van der Waals surface area (Å²) in [5.74, 6) is -0.921. The second-order valence-corrected chi connectivity index (χ2v) is 7.82. The summed E-state index contributed by atoms with van der Waals surface area (Å²) in [7, 11) is 1.54. The molecular formula is C18H21ClN4O5S. The van der Waals surface area contributed by atoms with Crippen molar-refractivity contribution in [1.82, 2.24) is 9.88 Å². The van der Waals surface area contributed by atoms with Crippen LogP contribution in [0.3, 0.4) is 0 Å². The number of anilines is 1. The largest absolute Gasteiger partial charge is 0.385 e. The third-order valence-electron chi connectivity index (χ3n) is 4.06. The second kappa shape index (κ2) is 10.3. The van der Waals surface area contributed by atoms with Crippen molar-refractivity contribution >= 4 is 45.6 Å². The van der Waals surface area contributed by atoms with Crippen molar-refractivity contribution in [3.8, 4) is 0 Å². The van der Waals surface area contributed by atoms with Crippen molar-refractivity contribution in [2.75, 3.05) is 32.1 Å². The van der Waals surface area contributed by atoms with Gasteiger partial charge in [-0.3, -0.25) is 19.7 Å². The van der Waals surface area contributed by atoms with E-state index in [4.69, 9.17) is 16.3 Å². The van der Waals surface area contributed by atoms with Crippen LogP contribution in [0, 0.1) is 24.0 Å². The first kappa shape index (κ1) is 22.7. The number of benzene rings is 1. The van der Waals surface area contributed by atoms with E-state index in [1.165, 1.54) is 35.5 Å². The number of rotatable bonds is 9.